The van der Waals surface area contributed by atoms with Gasteiger partial charge >= 0.3 is 6.18 Å². The molecule has 0 bridgehead atoms. The molecule has 7 heteroatoms. The smallest absolute Gasteiger partial charge is 0.404 e. The van der Waals surface area contributed by atoms with Crippen LogP contribution in [-0.2, 0) is 6.54 Å². The van der Waals surface area contributed by atoms with Crippen LogP contribution < -0.4 is 0 Å². The van der Waals surface area contributed by atoms with Gasteiger partial charge in [-0.2, -0.15) is 13.2 Å². The molecule has 2 heterocycles. The van der Waals surface area contributed by atoms with E-state index in [9.17, 15) is 18.3 Å². The number of likely N-dealkylation sites (tertiary alicyclic amines) is 1. The Balaban J connectivity index is 1.73. The van der Waals surface area contributed by atoms with Gasteiger partial charge in [-0.3, -0.25) is 4.90 Å². The Labute approximate surface area is 120 Å². The minimum atomic E-state index is -4.34. The molecule has 1 aromatic rings. The summed E-state index contributed by atoms with van der Waals surface area (Å²) in [7, 11) is 0. The first kappa shape index (κ1) is 14.8. The highest BCUT2D eigenvalue weighted by atomic mass is 19.4. The molecule has 1 saturated carbocycles. The molecule has 21 heavy (non-hydrogen) atoms. The Bertz CT molecular complexity index is 485. The van der Waals surface area contributed by atoms with E-state index < -0.39 is 24.7 Å². The van der Waals surface area contributed by atoms with Gasteiger partial charge in [-0.05, 0) is 32.2 Å². The van der Waals surface area contributed by atoms with E-state index in [0.29, 0.717) is 37.0 Å². The van der Waals surface area contributed by atoms with E-state index in [1.807, 2.05) is 0 Å². The van der Waals surface area contributed by atoms with Crippen LogP contribution in [0.2, 0.25) is 0 Å². The van der Waals surface area contributed by atoms with E-state index in [1.54, 1.807) is 0 Å². The number of hydrogen-bond acceptors (Lipinski definition) is 4. The second kappa shape index (κ2) is 5.61. The first-order valence-corrected chi connectivity index (χ1v) is 7.35. The van der Waals surface area contributed by atoms with Crippen LogP contribution in [0.25, 0.3) is 0 Å². The summed E-state index contributed by atoms with van der Waals surface area (Å²) >= 11 is 0. The molecule has 3 rings (SSSR count). The molecule has 0 unspecified atom stereocenters. The Morgan fingerprint density at radius 1 is 1.33 bits per heavy atom. The predicted octanol–water partition coefficient (Wildman–Crippen LogP) is 2.69. The minimum Gasteiger partial charge on any atom is -0.444 e. The fraction of sp³-hybridized carbons (Fsp3) is 0.786. The largest absolute Gasteiger partial charge is 0.444 e. The van der Waals surface area contributed by atoms with Crippen molar-refractivity contribution >= 4 is 0 Å². The number of aliphatic hydroxyl groups is 1. The van der Waals surface area contributed by atoms with Crippen LogP contribution in [0.4, 0.5) is 13.2 Å². The molecule has 1 saturated heterocycles. The number of piperidine rings is 1. The van der Waals surface area contributed by atoms with Gasteiger partial charge in [-0.25, -0.2) is 4.98 Å². The van der Waals surface area contributed by atoms with Gasteiger partial charge in [0.2, 0.25) is 0 Å². The first-order valence-electron chi connectivity index (χ1n) is 7.35. The van der Waals surface area contributed by atoms with Crippen molar-refractivity contribution in [3.8, 4) is 0 Å². The number of rotatable bonds is 4. The highest BCUT2D eigenvalue weighted by Gasteiger charge is 2.49. The maximum Gasteiger partial charge on any atom is 0.404 e. The summed E-state index contributed by atoms with van der Waals surface area (Å²) in [6.45, 7) is 0.0188. The second-order valence-electron chi connectivity index (χ2n) is 5.98. The lowest BCUT2D eigenvalue weighted by Gasteiger charge is -2.41. The third kappa shape index (κ3) is 3.23. The Morgan fingerprint density at radius 2 is 2.10 bits per heavy atom. The average Bonchev–Trinajstić information content (AvgIpc) is 3.18. The van der Waals surface area contributed by atoms with E-state index in [2.05, 4.69) is 4.98 Å². The van der Waals surface area contributed by atoms with Crippen molar-refractivity contribution in [2.24, 2.45) is 5.92 Å². The quantitative estimate of drug-likeness (QED) is 0.929. The van der Waals surface area contributed by atoms with Crippen molar-refractivity contribution in [1.82, 2.24) is 9.88 Å². The van der Waals surface area contributed by atoms with E-state index in [0.717, 1.165) is 12.8 Å². The van der Waals surface area contributed by atoms with Gasteiger partial charge in [0.25, 0.3) is 0 Å². The van der Waals surface area contributed by atoms with Crippen molar-refractivity contribution in [3.63, 3.8) is 0 Å². The molecule has 2 aliphatic rings. The van der Waals surface area contributed by atoms with Gasteiger partial charge in [0.1, 0.15) is 11.8 Å². The van der Waals surface area contributed by atoms with Crippen molar-refractivity contribution in [1.29, 1.82) is 0 Å². The predicted molar refractivity (Wildman–Crippen MR) is 68.5 cm³/mol. The van der Waals surface area contributed by atoms with Gasteiger partial charge in [-0.1, -0.05) is 0 Å². The maximum atomic E-state index is 13.3. The van der Waals surface area contributed by atoms with E-state index in [-0.39, 0.29) is 6.54 Å². The highest BCUT2D eigenvalue weighted by Crippen LogP contribution is 2.40. The molecule has 1 aromatic heterocycles. The van der Waals surface area contributed by atoms with Gasteiger partial charge < -0.3 is 9.52 Å². The zero-order valence-electron chi connectivity index (χ0n) is 11.6. The topological polar surface area (TPSA) is 49.5 Å². The number of hydrogen-bond donors (Lipinski definition) is 1. The molecule has 0 spiro atoms. The van der Waals surface area contributed by atoms with Gasteiger partial charge in [0.15, 0.2) is 5.89 Å². The van der Waals surface area contributed by atoms with Crippen LogP contribution >= 0.6 is 0 Å². The fourth-order valence-corrected chi connectivity index (χ4v) is 3.11. The van der Waals surface area contributed by atoms with E-state index >= 15 is 0 Å². The Kier molecular flexibility index (Phi) is 3.96. The minimum absolute atomic E-state index is 0.0976. The third-order valence-electron chi connectivity index (χ3n) is 4.29. The molecule has 1 aliphatic carbocycles. The molecule has 2 atom stereocenters. The van der Waals surface area contributed by atoms with Crippen LogP contribution in [0.1, 0.15) is 43.3 Å². The molecule has 118 valence electrons. The maximum absolute atomic E-state index is 13.3. The van der Waals surface area contributed by atoms with Gasteiger partial charge in [0, 0.05) is 18.4 Å². The monoisotopic (exact) mass is 304 g/mol. The zero-order valence-corrected chi connectivity index (χ0v) is 11.6. The molecule has 1 N–H and O–H groups in total. The van der Waals surface area contributed by atoms with Gasteiger partial charge in [-0.15, -0.1) is 0 Å². The summed E-state index contributed by atoms with van der Waals surface area (Å²) in [5, 5.41) is 9.23. The van der Waals surface area contributed by atoms with Crippen LogP contribution in [0.15, 0.2) is 10.6 Å². The zero-order chi connectivity index (χ0) is 15.0. The van der Waals surface area contributed by atoms with E-state index in [4.69, 9.17) is 4.42 Å². The molecule has 2 fully saturated rings. The number of halogens is 3. The summed E-state index contributed by atoms with van der Waals surface area (Å²) < 4.78 is 45.4. The van der Waals surface area contributed by atoms with Crippen molar-refractivity contribution < 1.29 is 22.7 Å². The number of alkyl halides is 3. The molecule has 4 nitrogen and oxygen atoms in total. The second-order valence-corrected chi connectivity index (χ2v) is 5.98. The average molecular weight is 304 g/mol. The Hall–Kier alpha value is -1.08. The molecule has 1 aliphatic heterocycles. The highest BCUT2D eigenvalue weighted by molar-refractivity contribution is 5.05. The normalized spacial score (nSPS) is 28.0. The lowest BCUT2D eigenvalue weighted by molar-refractivity contribution is -0.211. The summed E-state index contributed by atoms with van der Waals surface area (Å²) in [6, 6.07) is -1.61. The van der Waals surface area contributed by atoms with Crippen molar-refractivity contribution in [3.05, 3.63) is 17.8 Å². The number of oxazole rings is 1. The number of aromatic nitrogens is 1. The standard InChI is InChI=1S/C14H19F3N2O2/c15-14(16,17)12-10(8-20)2-1-5-19(12)7-11-6-18-13(21-11)9-3-4-9/h6,9-10,12,20H,1-5,7-8H2/t10-,12-/m0/s1. The molecule has 0 radical (unpaired) electrons. The summed E-state index contributed by atoms with van der Waals surface area (Å²) in [4.78, 5) is 5.51. The fourth-order valence-electron chi connectivity index (χ4n) is 3.11. The molecular weight excluding hydrogens is 285 g/mol. The summed E-state index contributed by atoms with van der Waals surface area (Å²) in [5.41, 5.74) is 0. The van der Waals surface area contributed by atoms with Crippen LogP contribution in [0.3, 0.4) is 0 Å². The SMILES string of the molecule is OC[C@@H]1CCCN(Cc2cnc(C3CC3)o2)[C@@H]1C(F)(F)F. The molecule has 0 amide bonds. The molecular formula is C14H19F3N2O2. The summed E-state index contributed by atoms with van der Waals surface area (Å²) in [6.07, 6.45) is 0.335. The Morgan fingerprint density at radius 3 is 2.71 bits per heavy atom. The number of nitrogens with zero attached hydrogens (tertiary/aromatic N) is 2. The third-order valence-corrected chi connectivity index (χ3v) is 4.29. The van der Waals surface area contributed by atoms with Crippen molar-refractivity contribution in [2.75, 3.05) is 13.2 Å². The van der Waals surface area contributed by atoms with Crippen LogP contribution in [-0.4, -0.2) is 40.4 Å². The van der Waals surface area contributed by atoms with Gasteiger partial charge in [0.05, 0.1) is 12.7 Å². The van der Waals surface area contributed by atoms with Crippen LogP contribution in [0, 0.1) is 5.92 Å². The lowest BCUT2D eigenvalue weighted by atomic mass is 9.89. The summed E-state index contributed by atoms with van der Waals surface area (Å²) in [5.74, 6) is 0.710. The van der Waals surface area contributed by atoms with Crippen LogP contribution in [0.5, 0.6) is 0 Å². The van der Waals surface area contributed by atoms with Crippen molar-refractivity contribution in [2.45, 2.75) is 50.4 Å². The number of aliphatic hydroxyl groups excluding tert-OH is 1. The van der Waals surface area contributed by atoms with E-state index in [1.165, 1.54) is 11.1 Å². The lowest BCUT2D eigenvalue weighted by Crippen LogP contribution is -2.54. The molecule has 0 aromatic carbocycles. The first-order chi connectivity index (χ1) is 9.99.